The molecule has 1 unspecified atom stereocenters. The number of methoxy groups -OCH3 is 1. The minimum absolute atomic E-state index is 0.0111. The summed E-state index contributed by atoms with van der Waals surface area (Å²) in [5.74, 6) is -2.80. The first kappa shape index (κ1) is 21.8. The second kappa shape index (κ2) is 9.14. The number of carbonyl (C=O) groups excluding carboxylic acids is 3. The molecule has 2 heterocycles. The Hall–Kier alpha value is -2.48. The van der Waals surface area contributed by atoms with Crippen molar-refractivity contribution in [2.24, 2.45) is 0 Å². The van der Waals surface area contributed by atoms with Crippen LogP contribution < -0.4 is 0 Å². The zero-order chi connectivity index (χ0) is 20.9. The average Bonchev–Trinajstić information content (AvgIpc) is 3.02. The normalized spacial score (nSPS) is 19.5. The van der Waals surface area contributed by atoms with Crippen LogP contribution in [0, 0.1) is 0 Å². The Kier molecular flexibility index (Phi) is 7.12. The molecule has 28 heavy (non-hydrogen) atoms. The average molecular weight is 423 g/mol. The summed E-state index contributed by atoms with van der Waals surface area (Å²) in [5, 5.41) is 11.1. The molecule has 0 radical (unpaired) electrons. The molecule has 0 N–H and O–H groups in total. The van der Waals surface area contributed by atoms with Crippen LogP contribution in [0.1, 0.15) is 19.2 Å². The number of nitrogens with zero attached hydrogens (tertiary/aromatic N) is 5. The number of rotatable bonds is 5. The van der Waals surface area contributed by atoms with E-state index in [-0.39, 0.29) is 42.2 Å². The molecule has 0 amide bonds. The number of alkyl halides is 3. The molecule has 0 aliphatic carbocycles. The summed E-state index contributed by atoms with van der Waals surface area (Å²) in [6, 6.07) is 0. The summed E-state index contributed by atoms with van der Waals surface area (Å²) >= 11 is 0.990. The summed E-state index contributed by atoms with van der Waals surface area (Å²) in [6.07, 6.45) is -3.43. The van der Waals surface area contributed by atoms with E-state index in [9.17, 15) is 27.6 Å². The van der Waals surface area contributed by atoms with Gasteiger partial charge in [-0.15, -0.1) is 10.2 Å². The van der Waals surface area contributed by atoms with Gasteiger partial charge in [0, 0.05) is 18.7 Å². The fraction of sp³-hybridized carbons (Fsp3) is 0.571. The van der Waals surface area contributed by atoms with E-state index in [1.807, 2.05) is 0 Å². The highest BCUT2D eigenvalue weighted by atomic mass is 32.2. The maximum absolute atomic E-state index is 12.4. The van der Waals surface area contributed by atoms with Crippen molar-refractivity contribution in [2.45, 2.75) is 31.3 Å². The highest BCUT2D eigenvalue weighted by Gasteiger charge is 2.43. The number of hydrogen-bond acceptors (Lipinski definition) is 10. The Balaban J connectivity index is 2.23. The first-order valence-corrected chi connectivity index (χ1v) is 8.73. The van der Waals surface area contributed by atoms with Crippen molar-refractivity contribution in [3.05, 3.63) is 11.4 Å². The number of ether oxygens (including phenoxy) is 1. The van der Waals surface area contributed by atoms with E-state index < -0.39 is 18.1 Å². The number of hydrogen-bond donors (Lipinski definition) is 0. The first-order valence-electron chi connectivity index (χ1n) is 7.85. The SMILES string of the molecule is COC(=O)Cn1nnnc1/C=C1\CN(OC(=O)C(F)(F)F)CCC1SC(C)=O. The van der Waals surface area contributed by atoms with Gasteiger partial charge in [-0.3, -0.25) is 9.59 Å². The molecule has 1 saturated heterocycles. The van der Waals surface area contributed by atoms with Crippen LogP contribution in [0.25, 0.3) is 6.08 Å². The molecular weight excluding hydrogens is 407 g/mol. The minimum atomic E-state index is -5.13. The van der Waals surface area contributed by atoms with Gasteiger partial charge in [-0.1, -0.05) is 11.8 Å². The van der Waals surface area contributed by atoms with E-state index in [1.54, 1.807) is 0 Å². The van der Waals surface area contributed by atoms with Gasteiger partial charge in [0.05, 0.1) is 13.7 Å². The molecule has 154 valence electrons. The zero-order valence-corrected chi connectivity index (χ0v) is 15.6. The molecule has 1 aromatic rings. The van der Waals surface area contributed by atoms with Gasteiger partial charge in [0.2, 0.25) is 0 Å². The molecule has 0 aromatic carbocycles. The van der Waals surface area contributed by atoms with E-state index >= 15 is 0 Å². The summed E-state index contributed by atoms with van der Waals surface area (Å²) in [4.78, 5) is 38.3. The first-order chi connectivity index (χ1) is 13.1. The van der Waals surface area contributed by atoms with Gasteiger partial charge in [-0.05, 0) is 28.5 Å². The van der Waals surface area contributed by atoms with Gasteiger partial charge in [0.25, 0.3) is 0 Å². The van der Waals surface area contributed by atoms with Crippen molar-refractivity contribution in [1.29, 1.82) is 0 Å². The quantitative estimate of drug-likeness (QED) is 0.624. The lowest BCUT2D eigenvalue weighted by Gasteiger charge is -2.32. The van der Waals surface area contributed by atoms with Crippen molar-refractivity contribution in [1.82, 2.24) is 25.3 Å². The zero-order valence-electron chi connectivity index (χ0n) is 14.8. The predicted molar refractivity (Wildman–Crippen MR) is 88.2 cm³/mol. The lowest BCUT2D eigenvalue weighted by molar-refractivity contribution is -0.238. The van der Waals surface area contributed by atoms with Crippen LogP contribution in [0.15, 0.2) is 5.57 Å². The largest absolute Gasteiger partial charge is 0.492 e. The van der Waals surface area contributed by atoms with Crippen LogP contribution in [0.5, 0.6) is 0 Å². The van der Waals surface area contributed by atoms with Crippen molar-refractivity contribution >= 4 is 34.9 Å². The Morgan fingerprint density at radius 3 is 2.68 bits per heavy atom. The highest BCUT2D eigenvalue weighted by Crippen LogP contribution is 2.30. The van der Waals surface area contributed by atoms with Crippen molar-refractivity contribution < 1.29 is 37.1 Å². The number of esters is 1. The standard InChI is InChI=1S/C14H16F3N5O5S/c1-8(23)28-10-3-4-21(27-13(25)14(15,16)17)6-9(10)5-11-18-19-20-22(11)7-12(24)26-2/h5,10H,3-4,6-7H2,1-2H3/b9-5+. The number of halogens is 3. The Morgan fingerprint density at radius 2 is 2.07 bits per heavy atom. The van der Waals surface area contributed by atoms with Gasteiger partial charge in [0.15, 0.2) is 10.9 Å². The fourth-order valence-corrected chi connectivity index (χ4v) is 3.25. The monoisotopic (exact) mass is 423 g/mol. The van der Waals surface area contributed by atoms with Gasteiger partial charge in [0.1, 0.15) is 6.54 Å². The number of tetrazole rings is 1. The summed E-state index contributed by atoms with van der Waals surface area (Å²) < 4.78 is 42.9. The molecule has 14 heteroatoms. The van der Waals surface area contributed by atoms with Gasteiger partial charge < -0.3 is 9.57 Å². The maximum Gasteiger partial charge on any atom is 0.492 e. The van der Waals surface area contributed by atoms with Gasteiger partial charge in [-0.25, -0.2) is 9.48 Å². The lowest BCUT2D eigenvalue weighted by atomic mass is 10.1. The van der Waals surface area contributed by atoms with Crippen LogP contribution in [0.4, 0.5) is 13.2 Å². The molecule has 10 nitrogen and oxygen atoms in total. The topological polar surface area (TPSA) is 117 Å². The Morgan fingerprint density at radius 1 is 1.36 bits per heavy atom. The molecule has 2 rings (SSSR count). The number of hydroxylamine groups is 2. The van der Waals surface area contributed by atoms with E-state index in [0.29, 0.717) is 5.57 Å². The molecule has 0 spiro atoms. The number of aromatic nitrogens is 4. The summed E-state index contributed by atoms with van der Waals surface area (Å²) in [7, 11) is 1.19. The maximum atomic E-state index is 12.4. The molecule has 0 saturated carbocycles. The molecule has 1 aliphatic rings. The number of piperidine rings is 1. The van der Waals surface area contributed by atoms with E-state index in [0.717, 1.165) is 21.5 Å². The highest BCUT2D eigenvalue weighted by molar-refractivity contribution is 8.14. The van der Waals surface area contributed by atoms with Crippen molar-refractivity contribution in [2.75, 3.05) is 20.2 Å². The molecule has 1 atom stereocenters. The number of carbonyl (C=O) groups is 3. The Bertz CT molecular complexity index is 782. The third-order valence-corrected chi connectivity index (χ3v) is 4.70. The third kappa shape index (κ3) is 6.02. The minimum Gasteiger partial charge on any atom is -0.468 e. The second-order valence-corrected chi connectivity index (χ2v) is 7.00. The van der Waals surface area contributed by atoms with E-state index in [4.69, 9.17) is 0 Å². The van der Waals surface area contributed by atoms with Crippen molar-refractivity contribution in [3.63, 3.8) is 0 Å². The molecule has 1 aromatic heterocycles. The van der Waals surface area contributed by atoms with E-state index in [1.165, 1.54) is 20.1 Å². The lowest BCUT2D eigenvalue weighted by Crippen LogP contribution is -2.41. The smallest absolute Gasteiger partial charge is 0.468 e. The molecule has 1 fully saturated rings. The number of thioether (sulfide) groups is 1. The third-order valence-electron chi connectivity index (χ3n) is 3.55. The van der Waals surface area contributed by atoms with Gasteiger partial charge in [-0.2, -0.15) is 13.2 Å². The van der Waals surface area contributed by atoms with Gasteiger partial charge >= 0.3 is 18.1 Å². The summed E-state index contributed by atoms with van der Waals surface area (Å²) in [6.45, 7) is 0.911. The van der Waals surface area contributed by atoms with Crippen LogP contribution in [0.3, 0.4) is 0 Å². The molecular formula is C14H16F3N5O5S. The van der Waals surface area contributed by atoms with Crippen LogP contribution in [-0.4, -0.2) is 73.9 Å². The fourth-order valence-electron chi connectivity index (χ4n) is 2.33. The molecule has 1 aliphatic heterocycles. The molecule has 0 bridgehead atoms. The van der Waals surface area contributed by atoms with Crippen molar-refractivity contribution in [3.8, 4) is 0 Å². The van der Waals surface area contributed by atoms with E-state index in [2.05, 4.69) is 25.1 Å². The second-order valence-electron chi connectivity index (χ2n) is 5.62. The summed E-state index contributed by atoms with van der Waals surface area (Å²) in [5.41, 5.74) is 0.461. The predicted octanol–water partition coefficient (Wildman–Crippen LogP) is 0.604. The Labute approximate surface area is 161 Å². The van der Waals surface area contributed by atoms with Crippen LogP contribution in [-0.2, 0) is 30.5 Å². The van der Waals surface area contributed by atoms with Crippen LogP contribution in [0.2, 0.25) is 0 Å². The van der Waals surface area contributed by atoms with Crippen LogP contribution >= 0.6 is 11.8 Å².